The van der Waals surface area contributed by atoms with Gasteiger partial charge in [0.2, 0.25) is 0 Å². The van der Waals surface area contributed by atoms with E-state index in [2.05, 4.69) is 158 Å². The van der Waals surface area contributed by atoms with Gasteiger partial charge in [-0.2, -0.15) is 0 Å². The summed E-state index contributed by atoms with van der Waals surface area (Å²) >= 11 is 0. The van der Waals surface area contributed by atoms with Crippen LogP contribution in [0.2, 0.25) is 0 Å². The van der Waals surface area contributed by atoms with Gasteiger partial charge in [-0.1, -0.05) is 158 Å². The highest BCUT2D eigenvalue weighted by molar-refractivity contribution is 5.90. The molecule has 0 amide bonds. The van der Waals surface area contributed by atoms with E-state index in [0.29, 0.717) is 17.5 Å². The molecule has 2 aliphatic rings. The van der Waals surface area contributed by atoms with Gasteiger partial charge < -0.3 is 4.74 Å². The molecule has 4 nitrogen and oxygen atoms in total. The molecule has 11 rings (SSSR count). The average Bonchev–Trinajstić information content (AvgIpc) is 3.54. The van der Waals surface area contributed by atoms with Crippen molar-refractivity contribution >= 4 is 10.8 Å². The summed E-state index contributed by atoms with van der Waals surface area (Å²) < 4.78 is 6.69. The van der Waals surface area contributed by atoms with E-state index in [0.717, 1.165) is 55.8 Å². The van der Waals surface area contributed by atoms with Crippen LogP contribution in [-0.2, 0) is 5.41 Å². The molecule has 0 radical (unpaired) electrons. The SMILES string of the molecule is c1ccc(-c2nc(-c3cccc(-c4ccc5c(c4)C4(c6ccccc6O5)c5ccccc5-c5ccccc54)c3)nc(-c3ccc4ccccc4c3)n2)cc1. The molecule has 1 aliphatic carbocycles. The Hall–Kier alpha value is -7.17. The topological polar surface area (TPSA) is 47.9 Å². The normalized spacial score (nSPS) is 13.1. The number of rotatable bonds is 4. The number of nitrogens with zero attached hydrogens (tertiary/aromatic N) is 3. The highest BCUT2D eigenvalue weighted by atomic mass is 16.5. The summed E-state index contributed by atoms with van der Waals surface area (Å²) in [6, 6.07) is 66.2. The lowest BCUT2D eigenvalue weighted by Gasteiger charge is -2.39. The fourth-order valence-electron chi connectivity index (χ4n) is 8.55. The van der Waals surface area contributed by atoms with E-state index >= 15 is 0 Å². The zero-order valence-electron chi connectivity index (χ0n) is 29.1. The molecule has 0 saturated heterocycles. The summed E-state index contributed by atoms with van der Waals surface area (Å²) in [5.74, 6) is 3.65. The molecule has 1 spiro atoms. The van der Waals surface area contributed by atoms with Crippen molar-refractivity contribution < 1.29 is 4.74 Å². The fourth-order valence-corrected chi connectivity index (χ4v) is 8.55. The summed E-state index contributed by atoms with van der Waals surface area (Å²) in [6.07, 6.45) is 0. The molecule has 8 aromatic carbocycles. The van der Waals surface area contributed by atoms with Crippen LogP contribution in [0.5, 0.6) is 11.5 Å². The zero-order valence-corrected chi connectivity index (χ0v) is 29.1. The lowest BCUT2D eigenvalue weighted by atomic mass is 9.66. The lowest BCUT2D eigenvalue weighted by Crippen LogP contribution is -2.32. The van der Waals surface area contributed by atoms with Gasteiger partial charge in [0.15, 0.2) is 17.5 Å². The Bertz CT molecular complexity index is 2890. The molecule has 0 fully saturated rings. The van der Waals surface area contributed by atoms with Crippen LogP contribution in [0.4, 0.5) is 0 Å². The molecule has 9 aromatic rings. The first-order valence-corrected chi connectivity index (χ1v) is 18.3. The van der Waals surface area contributed by atoms with Crippen LogP contribution in [0.15, 0.2) is 188 Å². The van der Waals surface area contributed by atoms with Crippen LogP contribution in [0, 0.1) is 0 Å². The highest BCUT2D eigenvalue weighted by Gasteiger charge is 2.51. The average molecular weight is 690 g/mol. The molecule has 1 aliphatic heterocycles. The molecule has 0 saturated carbocycles. The third-order valence-corrected chi connectivity index (χ3v) is 11.0. The Morgan fingerprint density at radius 1 is 0.315 bits per heavy atom. The predicted octanol–water partition coefficient (Wildman–Crippen LogP) is 12.2. The molecule has 0 bridgehead atoms. The molecule has 2 heterocycles. The van der Waals surface area contributed by atoms with Crippen molar-refractivity contribution in [3.05, 3.63) is 210 Å². The second kappa shape index (κ2) is 11.9. The Morgan fingerprint density at radius 3 is 1.59 bits per heavy atom. The van der Waals surface area contributed by atoms with Gasteiger partial charge in [-0.25, -0.2) is 15.0 Å². The van der Waals surface area contributed by atoms with Crippen LogP contribution in [0.25, 0.3) is 67.2 Å². The smallest absolute Gasteiger partial charge is 0.164 e. The number of para-hydroxylation sites is 1. The summed E-state index contributed by atoms with van der Waals surface area (Å²) in [5, 5.41) is 2.32. The number of aromatic nitrogens is 3. The van der Waals surface area contributed by atoms with Gasteiger partial charge in [-0.05, 0) is 74.5 Å². The van der Waals surface area contributed by atoms with Gasteiger partial charge in [0, 0.05) is 27.8 Å². The van der Waals surface area contributed by atoms with E-state index < -0.39 is 5.41 Å². The van der Waals surface area contributed by atoms with Crippen molar-refractivity contribution in [3.63, 3.8) is 0 Å². The van der Waals surface area contributed by atoms with Gasteiger partial charge in [0.25, 0.3) is 0 Å². The van der Waals surface area contributed by atoms with Gasteiger partial charge in [0.05, 0.1) is 5.41 Å². The monoisotopic (exact) mass is 689 g/mol. The largest absolute Gasteiger partial charge is 0.457 e. The van der Waals surface area contributed by atoms with Crippen LogP contribution in [-0.4, -0.2) is 15.0 Å². The lowest BCUT2D eigenvalue weighted by molar-refractivity contribution is 0.436. The predicted molar refractivity (Wildman–Crippen MR) is 216 cm³/mol. The van der Waals surface area contributed by atoms with Crippen LogP contribution < -0.4 is 4.74 Å². The number of hydrogen-bond acceptors (Lipinski definition) is 4. The summed E-state index contributed by atoms with van der Waals surface area (Å²) in [5.41, 5.74) is 11.8. The van der Waals surface area contributed by atoms with Gasteiger partial charge in [-0.15, -0.1) is 0 Å². The first-order valence-electron chi connectivity index (χ1n) is 18.3. The maximum atomic E-state index is 6.69. The van der Waals surface area contributed by atoms with Crippen LogP contribution >= 0.6 is 0 Å². The Balaban J connectivity index is 1.08. The van der Waals surface area contributed by atoms with Crippen molar-refractivity contribution in [1.82, 2.24) is 15.0 Å². The molecule has 54 heavy (non-hydrogen) atoms. The maximum Gasteiger partial charge on any atom is 0.164 e. The standard InChI is InChI=1S/C50H31N3O/c1-2-14-33(15-3-1)47-51-48(53-49(52-47)38-26-25-32-13-4-5-16-34(32)29-38)37-18-12-17-35(30-37)36-27-28-46-44(31-36)50(43-23-10-11-24-45(43)54-46)41-21-8-6-19-39(41)40-20-7-9-22-42(40)50/h1-31H. The molecule has 1 aromatic heterocycles. The minimum Gasteiger partial charge on any atom is -0.457 e. The molecular weight excluding hydrogens is 659 g/mol. The summed E-state index contributed by atoms with van der Waals surface area (Å²) in [7, 11) is 0. The van der Waals surface area contributed by atoms with Crippen LogP contribution in [0.1, 0.15) is 22.3 Å². The third kappa shape index (κ3) is 4.60. The fraction of sp³-hybridized carbons (Fsp3) is 0.0200. The van der Waals surface area contributed by atoms with Gasteiger partial charge in [-0.3, -0.25) is 0 Å². The van der Waals surface area contributed by atoms with E-state index in [1.807, 2.05) is 30.3 Å². The molecular formula is C50H31N3O. The van der Waals surface area contributed by atoms with Gasteiger partial charge >= 0.3 is 0 Å². The zero-order chi connectivity index (χ0) is 35.6. The minimum absolute atomic E-state index is 0.529. The van der Waals surface area contributed by atoms with Crippen LogP contribution in [0.3, 0.4) is 0 Å². The van der Waals surface area contributed by atoms with Crippen molar-refractivity contribution in [2.45, 2.75) is 5.41 Å². The van der Waals surface area contributed by atoms with E-state index in [4.69, 9.17) is 19.7 Å². The maximum absolute atomic E-state index is 6.69. The van der Waals surface area contributed by atoms with E-state index in [1.54, 1.807) is 0 Å². The second-order valence-corrected chi connectivity index (χ2v) is 14.0. The van der Waals surface area contributed by atoms with Crippen molar-refractivity contribution in [3.8, 4) is 67.9 Å². The Labute approximate surface area is 313 Å². The van der Waals surface area contributed by atoms with Crippen molar-refractivity contribution in [2.24, 2.45) is 0 Å². The van der Waals surface area contributed by atoms with E-state index in [9.17, 15) is 0 Å². The molecule has 252 valence electrons. The number of ether oxygens (including phenoxy) is 1. The number of fused-ring (bicyclic) bond motifs is 10. The Morgan fingerprint density at radius 2 is 0.833 bits per heavy atom. The second-order valence-electron chi connectivity index (χ2n) is 14.0. The van der Waals surface area contributed by atoms with Gasteiger partial charge in [0.1, 0.15) is 11.5 Å². The molecule has 0 atom stereocenters. The third-order valence-electron chi connectivity index (χ3n) is 11.0. The number of hydrogen-bond donors (Lipinski definition) is 0. The molecule has 4 heteroatoms. The van der Waals surface area contributed by atoms with Crippen molar-refractivity contribution in [1.29, 1.82) is 0 Å². The van der Waals surface area contributed by atoms with Crippen molar-refractivity contribution in [2.75, 3.05) is 0 Å². The van der Waals surface area contributed by atoms with E-state index in [-0.39, 0.29) is 0 Å². The number of benzene rings is 8. The quantitative estimate of drug-likeness (QED) is 0.185. The summed E-state index contributed by atoms with van der Waals surface area (Å²) in [4.78, 5) is 15.2. The summed E-state index contributed by atoms with van der Waals surface area (Å²) in [6.45, 7) is 0. The first kappa shape index (κ1) is 30.5. The minimum atomic E-state index is -0.529. The highest BCUT2D eigenvalue weighted by Crippen LogP contribution is 2.62. The molecule has 0 unspecified atom stereocenters. The first-order chi connectivity index (χ1) is 26.7. The van der Waals surface area contributed by atoms with E-state index in [1.165, 1.54) is 27.6 Å². The Kier molecular flexibility index (Phi) is 6.73. The molecule has 0 N–H and O–H groups in total.